The molecule has 1 aromatic rings. The fourth-order valence-corrected chi connectivity index (χ4v) is 6.53. The van der Waals surface area contributed by atoms with E-state index in [1.165, 1.54) is 0 Å². The molecule has 8 heteroatoms. The summed E-state index contributed by atoms with van der Waals surface area (Å²) in [5.74, 6) is -2.17. The van der Waals surface area contributed by atoms with E-state index < -0.39 is 35.6 Å². The zero-order chi connectivity index (χ0) is 26.2. The minimum Gasteiger partial charge on any atom is -0.394 e. The SMILES string of the molecule is CCCCCN1CC=C[C@]23O[C@H]4C=CCN(C)C(=O)[C@H]4[C@H]2C(=O)N([C@@H](CO)Cc2ccccc2)C3C1=O. The number of hydrogen-bond donors (Lipinski definition) is 1. The van der Waals surface area contributed by atoms with Crippen LogP contribution in [0.5, 0.6) is 0 Å². The molecule has 0 radical (unpaired) electrons. The molecule has 4 heterocycles. The summed E-state index contributed by atoms with van der Waals surface area (Å²) in [5.41, 5.74) is -0.297. The number of aliphatic hydroxyl groups is 1. The van der Waals surface area contributed by atoms with Gasteiger partial charge in [0, 0.05) is 26.7 Å². The highest BCUT2D eigenvalue weighted by molar-refractivity contribution is 6.00. The van der Waals surface area contributed by atoms with E-state index in [2.05, 4.69) is 6.92 Å². The lowest BCUT2D eigenvalue weighted by atomic mass is 9.77. The van der Waals surface area contributed by atoms with Crippen molar-refractivity contribution in [2.75, 3.05) is 33.3 Å². The van der Waals surface area contributed by atoms with Gasteiger partial charge in [-0.25, -0.2) is 0 Å². The van der Waals surface area contributed by atoms with Gasteiger partial charge in [-0.3, -0.25) is 14.4 Å². The Labute approximate surface area is 218 Å². The lowest BCUT2D eigenvalue weighted by Gasteiger charge is -2.38. The number of aliphatic hydroxyl groups excluding tert-OH is 1. The van der Waals surface area contributed by atoms with Gasteiger partial charge in [-0.15, -0.1) is 0 Å². The van der Waals surface area contributed by atoms with Crippen LogP contribution < -0.4 is 0 Å². The van der Waals surface area contributed by atoms with E-state index in [9.17, 15) is 19.5 Å². The van der Waals surface area contributed by atoms with Gasteiger partial charge >= 0.3 is 0 Å². The molecule has 0 aromatic heterocycles. The van der Waals surface area contributed by atoms with Gasteiger partial charge in [-0.2, -0.15) is 0 Å². The maximum atomic E-state index is 14.3. The van der Waals surface area contributed by atoms with E-state index in [-0.39, 0.29) is 24.3 Å². The first kappa shape index (κ1) is 25.7. The number of amides is 3. The Hall–Kier alpha value is -2.97. The zero-order valence-corrected chi connectivity index (χ0v) is 21.7. The molecular formula is C29H37N3O5. The van der Waals surface area contributed by atoms with Crippen LogP contribution in [0, 0.1) is 11.8 Å². The molecule has 4 aliphatic rings. The quantitative estimate of drug-likeness (QED) is 0.428. The second-order valence-corrected chi connectivity index (χ2v) is 10.7. The lowest BCUT2D eigenvalue weighted by molar-refractivity contribution is -0.151. The summed E-state index contributed by atoms with van der Waals surface area (Å²) >= 11 is 0. The zero-order valence-electron chi connectivity index (χ0n) is 21.7. The third-order valence-corrected chi connectivity index (χ3v) is 8.33. The van der Waals surface area contributed by atoms with Crippen LogP contribution in [0.2, 0.25) is 0 Å². The summed E-state index contributed by atoms with van der Waals surface area (Å²) in [6, 6.07) is 8.10. The molecule has 198 valence electrons. The van der Waals surface area contributed by atoms with Crippen LogP contribution in [-0.4, -0.2) is 94.6 Å². The average molecular weight is 508 g/mol. The van der Waals surface area contributed by atoms with Crippen molar-refractivity contribution >= 4 is 17.7 Å². The van der Waals surface area contributed by atoms with Crippen LogP contribution in [-0.2, 0) is 25.5 Å². The minimum absolute atomic E-state index is 0.153. The average Bonchev–Trinajstić information content (AvgIpc) is 3.24. The number of nitrogens with zero attached hydrogens (tertiary/aromatic N) is 3. The number of hydrogen-bond acceptors (Lipinski definition) is 5. The number of carbonyl (C=O) groups excluding carboxylic acids is 3. The number of likely N-dealkylation sites (N-methyl/N-ethyl adjacent to an activating group) is 1. The monoisotopic (exact) mass is 507 g/mol. The van der Waals surface area contributed by atoms with E-state index in [4.69, 9.17) is 4.74 Å². The van der Waals surface area contributed by atoms with E-state index >= 15 is 0 Å². The number of rotatable bonds is 8. The lowest BCUT2D eigenvalue weighted by Crippen LogP contribution is -2.58. The van der Waals surface area contributed by atoms with Gasteiger partial charge in [-0.1, -0.05) is 74.4 Å². The van der Waals surface area contributed by atoms with Gasteiger partial charge in [0.15, 0.2) is 0 Å². The van der Waals surface area contributed by atoms with Gasteiger partial charge in [-0.05, 0) is 18.4 Å². The maximum absolute atomic E-state index is 14.3. The van der Waals surface area contributed by atoms with E-state index in [0.717, 1.165) is 24.8 Å². The maximum Gasteiger partial charge on any atom is 0.249 e. The number of ether oxygens (including phenoxy) is 1. The Morgan fingerprint density at radius 1 is 1.05 bits per heavy atom. The third kappa shape index (κ3) is 4.30. The van der Waals surface area contributed by atoms with E-state index in [0.29, 0.717) is 26.1 Å². The van der Waals surface area contributed by atoms with Crippen molar-refractivity contribution < 1.29 is 24.2 Å². The molecule has 5 rings (SSSR count). The van der Waals surface area contributed by atoms with E-state index in [1.54, 1.807) is 21.7 Å². The van der Waals surface area contributed by atoms with Crippen molar-refractivity contribution in [1.29, 1.82) is 0 Å². The van der Waals surface area contributed by atoms with Crippen LogP contribution in [0.1, 0.15) is 31.7 Å². The molecule has 6 atom stereocenters. The summed E-state index contributed by atoms with van der Waals surface area (Å²) < 4.78 is 6.64. The molecule has 1 spiro atoms. The van der Waals surface area contributed by atoms with Crippen molar-refractivity contribution in [2.45, 2.75) is 56.4 Å². The van der Waals surface area contributed by atoms with Gasteiger partial charge in [0.2, 0.25) is 17.7 Å². The van der Waals surface area contributed by atoms with Crippen molar-refractivity contribution in [3.63, 3.8) is 0 Å². The molecule has 8 nitrogen and oxygen atoms in total. The van der Waals surface area contributed by atoms with Crippen molar-refractivity contribution in [1.82, 2.24) is 14.7 Å². The Balaban J connectivity index is 1.58. The molecular weight excluding hydrogens is 470 g/mol. The molecule has 2 saturated heterocycles. The van der Waals surface area contributed by atoms with Gasteiger partial charge in [0.05, 0.1) is 30.6 Å². The molecule has 0 bridgehead atoms. The molecule has 4 aliphatic heterocycles. The topological polar surface area (TPSA) is 90.4 Å². The van der Waals surface area contributed by atoms with Crippen molar-refractivity contribution in [3.8, 4) is 0 Å². The first-order valence-electron chi connectivity index (χ1n) is 13.5. The van der Waals surface area contributed by atoms with Crippen LogP contribution >= 0.6 is 0 Å². The molecule has 37 heavy (non-hydrogen) atoms. The van der Waals surface area contributed by atoms with Crippen LogP contribution in [0.4, 0.5) is 0 Å². The number of unbranched alkanes of at least 4 members (excludes halogenated alkanes) is 2. The van der Waals surface area contributed by atoms with Gasteiger partial charge in [0.1, 0.15) is 11.6 Å². The second-order valence-electron chi connectivity index (χ2n) is 10.7. The molecule has 0 saturated carbocycles. The normalized spacial score (nSPS) is 31.8. The first-order valence-corrected chi connectivity index (χ1v) is 13.5. The van der Waals surface area contributed by atoms with Crippen LogP contribution in [0.15, 0.2) is 54.6 Å². The van der Waals surface area contributed by atoms with Gasteiger partial charge < -0.3 is 24.5 Å². The minimum atomic E-state index is -1.26. The largest absolute Gasteiger partial charge is 0.394 e. The molecule has 0 aliphatic carbocycles. The predicted molar refractivity (Wildman–Crippen MR) is 138 cm³/mol. The van der Waals surface area contributed by atoms with Crippen molar-refractivity contribution in [3.05, 3.63) is 60.2 Å². The second kappa shape index (κ2) is 10.4. The Kier molecular flexibility index (Phi) is 7.23. The molecule has 3 amide bonds. The van der Waals surface area contributed by atoms with Crippen LogP contribution in [0.3, 0.4) is 0 Å². The summed E-state index contributed by atoms with van der Waals surface area (Å²) in [5, 5.41) is 10.5. The Bertz CT molecular complexity index is 1090. The fraction of sp³-hybridized carbons (Fsp3) is 0.552. The first-order chi connectivity index (χ1) is 17.9. The number of carbonyl (C=O) groups is 3. The summed E-state index contributed by atoms with van der Waals surface area (Å²) in [6.07, 6.45) is 10.3. The molecule has 1 aromatic carbocycles. The summed E-state index contributed by atoms with van der Waals surface area (Å²) in [4.78, 5) is 47.0. The highest BCUT2D eigenvalue weighted by Gasteiger charge is 2.72. The van der Waals surface area contributed by atoms with Gasteiger partial charge in [0.25, 0.3) is 0 Å². The summed E-state index contributed by atoms with van der Waals surface area (Å²) in [6.45, 7) is 3.29. The highest BCUT2D eigenvalue weighted by Crippen LogP contribution is 2.54. The van der Waals surface area contributed by atoms with Crippen LogP contribution in [0.25, 0.3) is 0 Å². The number of fused-ring (bicyclic) bond motifs is 2. The summed E-state index contributed by atoms with van der Waals surface area (Å²) in [7, 11) is 1.73. The highest BCUT2D eigenvalue weighted by atomic mass is 16.5. The number of benzene rings is 1. The van der Waals surface area contributed by atoms with E-state index in [1.807, 2.05) is 54.6 Å². The Morgan fingerprint density at radius 3 is 2.57 bits per heavy atom. The third-order valence-electron chi connectivity index (χ3n) is 8.33. The predicted octanol–water partition coefficient (Wildman–Crippen LogP) is 1.79. The Morgan fingerprint density at radius 2 is 1.84 bits per heavy atom. The fourth-order valence-electron chi connectivity index (χ4n) is 6.53. The number of likely N-dealkylation sites (tertiary alicyclic amines) is 1. The standard InChI is InChI=1S/C29H37N3O5/c1-3-4-8-16-31-17-10-14-29-24(23-22(37-29)13-9-15-30(2)26(23)34)27(35)32(25(29)28(31)36)21(19-33)18-20-11-6-5-7-12-20/h5-7,9-14,21-25,33H,3-4,8,15-19H2,1-2H3/t21-,22+,23-,24+,25?,29+/m1/s1. The molecule has 2 fully saturated rings. The molecule has 1 unspecified atom stereocenters. The molecule has 1 N–H and O–H groups in total. The van der Waals surface area contributed by atoms with Crippen molar-refractivity contribution in [2.24, 2.45) is 11.8 Å². The smallest absolute Gasteiger partial charge is 0.249 e.